The van der Waals surface area contributed by atoms with Crippen LogP contribution in [0.2, 0.25) is 0 Å². The molecule has 132 valence electrons. The fourth-order valence-electron chi connectivity index (χ4n) is 3.61. The summed E-state index contributed by atoms with van der Waals surface area (Å²) in [5.74, 6) is -1.15. The summed E-state index contributed by atoms with van der Waals surface area (Å²) in [4.78, 5) is 25.8. The Hall–Kier alpha value is -2.77. The van der Waals surface area contributed by atoms with Crippen molar-refractivity contribution in [2.45, 2.75) is 13.3 Å². The fraction of sp³-hybridized carbons (Fsp3) is 0.412. The summed E-state index contributed by atoms with van der Waals surface area (Å²) in [5.41, 5.74) is -0.353. The fourth-order valence-corrected chi connectivity index (χ4v) is 3.61. The molecule has 0 amide bonds. The molecule has 1 saturated heterocycles. The average molecular weight is 347 g/mol. The van der Waals surface area contributed by atoms with Gasteiger partial charge in [0, 0.05) is 26.3 Å². The number of aromatic carboxylic acids is 1. The molecule has 8 heteroatoms. The second-order valence-corrected chi connectivity index (χ2v) is 6.72. The molecule has 2 aromatic rings. The Kier molecular flexibility index (Phi) is 3.38. The SMILES string of the molecule is CC1CCN(c2c(F)cc3c(=O)c(C(=O)O)cn4c3c2OCN4C)C1. The number of pyridine rings is 1. The van der Waals surface area contributed by atoms with Crippen molar-refractivity contribution in [3.63, 3.8) is 0 Å². The number of hydrogen-bond donors (Lipinski definition) is 1. The number of benzene rings is 1. The molecule has 0 spiro atoms. The van der Waals surface area contributed by atoms with Gasteiger partial charge < -0.3 is 14.7 Å². The highest BCUT2D eigenvalue weighted by atomic mass is 19.1. The molecule has 2 aliphatic heterocycles. The van der Waals surface area contributed by atoms with Gasteiger partial charge in [-0.1, -0.05) is 6.92 Å². The number of carbonyl (C=O) groups is 1. The lowest BCUT2D eigenvalue weighted by Gasteiger charge is -2.33. The molecular weight excluding hydrogens is 329 g/mol. The predicted molar refractivity (Wildman–Crippen MR) is 90.8 cm³/mol. The highest BCUT2D eigenvalue weighted by Crippen LogP contribution is 2.41. The minimum absolute atomic E-state index is 0.00921. The van der Waals surface area contributed by atoms with E-state index in [9.17, 15) is 19.1 Å². The Bertz CT molecular complexity index is 955. The van der Waals surface area contributed by atoms with Crippen molar-refractivity contribution in [3.8, 4) is 5.75 Å². The van der Waals surface area contributed by atoms with Crippen molar-refractivity contribution in [2.75, 3.05) is 36.8 Å². The van der Waals surface area contributed by atoms with Gasteiger partial charge >= 0.3 is 5.97 Å². The van der Waals surface area contributed by atoms with Gasteiger partial charge in [0.25, 0.3) is 0 Å². The quantitative estimate of drug-likeness (QED) is 0.889. The predicted octanol–water partition coefficient (Wildman–Crippen LogP) is 1.60. The molecule has 2 aliphatic rings. The maximum absolute atomic E-state index is 14.9. The van der Waals surface area contributed by atoms with E-state index in [0.717, 1.165) is 12.5 Å². The standard InChI is InChI=1S/C17H18FN3O4/c1-9-3-4-20(6-9)14-12(18)5-10-13-16(14)25-8-19(2)21(13)7-11(15(10)22)17(23)24/h5,7,9H,3-4,6,8H2,1-2H3,(H,23,24). The van der Waals surface area contributed by atoms with E-state index in [4.69, 9.17) is 4.74 Å². The first kappa shape index (κ1) is 15.7. The van der Waals surface area contributed by atoms with Gasteiger partial charge in [-0.05, 0) is 18.4 Å². The van der Waals surface area contributed by atoms with Crippen LogP contribution in [0.3, 0.4) is 0 Å². The third-order valence-corrected chi connectivity index (χ3v) is 4.89. The minimum Gasteiger partial charge on any atom is -0.477 e. The monoisotopic (exact) mass is 347 g/mol. The molecule has 1 atom stereocenters. The molecule has 25 heavy (non-hydrogen) atoms. The number of rotatable bonds is 2. The molecule has 0 saturated carbocycles. The van der Waals surface area contributed by atoms with Crippen molar-refractivity contribution in [2.24, 2.45) is 5.92 Å². The first-order valence-electron chi connectivity index (χ1n) is 8.12. The van der Waals surface area contributed by atoms with Gasteiger partial charge in [-0.25, -0.2) is 9.18 Å². The smallest absolute Gasteiger partial charge is 0.341 e. The first-order valence-corrected chi connectivity index (χ1v) is 8.12. The maximum Gasteiger partial charge on any atom is 0.341 e. The van der Waals surface area contributed by atoms with Crippen molar-refractivity contribution in [3.05, 3.63) is 33.9 Å². The number of halogens is 1. The van der Waals surface area contributed by atoms with Crippen LogP contribution in [-0.2, 0) is 0 Å². The molecule has 1 N–H and O–H groups in total. The Morgan fingerprint density at radius 2 is 2.20 bits per heavy atom. The number of carboxylic acids is 1. The van der Waals surface area contributed by atoms with Gasteiger partial charge in [-0.2, -0.15) is 0 Å². The number of carboxylic acid groups (broad SMARTS) is 1. The molecular formula is C17H18FN3O4. The molecule has 0 aliphatic carbocycles. The van der Waals surface area contributed by atoms with Crippen LogP contribution in [0.1, 0.15) is 23.7 Å². The topological polar surface area (TPSA) is 75.0 Å². The second kappa shape index (κ2) is 5.37. The molecule has 7 nitrogen and oxygen atoms in total. The van der Waals surface area contributed by atoms with Crippen LogP contribution in [0, 0.1) is 11.7 Å². The van der Waals surface area contributed by atoms with Crippen LogP contribution in [-0.4, -0.2) is 42.6 Å². The first-order chi connectivity index (χ1) is 11.9. The molecule has 1 aromatic carbocycles. The lowest BCUT2D eigenvalue weighted by Crippen LogP contribution is -2.40. The van der Waals surface area contributed by atoms with E-state index in [1.807, 2.05) is 4.90 Å². The lowest BCUT2D eigenvalue weighted by atomic mass is 10.1. The highest BCUT2D eigenvalue weighted by Gasteiger charge is 2.31. The minimum atomic E-state index is -1.34. The normalized spacial score (nSPS) is 19.4. The summed E-state index contributed by atoms with van der Waals surface area (Å²) in [6.45, 7) is 3.66. The van der Waals surface area contributed by atoms with Crippen LogP contribution in [0.15, 0.2) is 17.1 Å². The summed E-state index contributed by atoms with van der Waals surface area (Å²) >= 11 is 0. The van der Waals surface area contributed by atoms with Crippen molar-refractivity contribution >= 4 is 22.6 Å². The van der Waals surface area contributed by atoms with Gasteiger partial charge in [-0.3, -0.25) is 14.5 Å². The van der Waals surface area contributed by atoms with E-state index in [1.54, 1.807) is 16.7 Å². The van der Waals surface area contributed by atoms with E-state index in [-0.39, 0.29) is 12.1 Å². The molecule has 3 heterocycles. The van der Waals surface area contributed by atoms with Crippen LogP contribution < -0.4 is 20.1 Å². The molecule has 1 fully saturated rings. The number of ether oxygens (including phenoxy) is 1. The largest absolute Gasteiger partial charge is 0.477 e. The average Bonchev–Trinajstić information content (AvgIpc) is 2.98. The van der Waals surface area contributed by atoms with Crippen molar-refractivity contribution < 1.29 is 19.0 Å². The summed E-state index contributed by atoms with van der Waals surface area (Å²) in [7, 11) is 1.71. The molecule has 1 unspecified atom stereocenters. The molecule has 1 aromatic heterocycles. The van der Waals surface area contributed by atoms with Gasteiger partial charge in [0.15, 0.2) is 18.3 Å². The van der Waals surface area contributed by atoms with E-state index >= 15 is 0 Å². The van der Waals surface area contributed by atoms with E-state index < -0.39 is 22.8 Å². The summed E-state index contributed by atoms with van der Waals surface area (Å²) in [6, 6.07) is 1.13. The summed E-state index contributed by atoms with van der Waals surface area (Å²) in [6.07, 6.45) is 2.23. The third-order valence-electron chi connectivity index (χ3n) is 4.89. The number of hydrogen-bond acceptors (Lipinski definition) is 5. The number of aromatic nitrogens is 1. The lowest BCUT2D eigenvalue weighted by molar-refractivity contribution is 0.0694. The maximum atomic E-state index is 14.9. The number of anilines is 1. The molecule has 4 rings (SSSR count). The molecule has 0 bridgehead atoms. The zero-order valence-corrected chi connectivity index (χ0v) is 14.0. The van der Waals surface area contributed by atoms with Gasteiger partial charge in [-0.15, -0.1) is 0 Å². The Balaban J connectivity index is 2.07. The van der Waals surface area contributed by atoms with Crippen LogP contribution in [0.4, 0.5) is 10.1 Å². The Labute approximate surface area is 142 Å². The van der Waals surface area contributed by atoms with Crippen molar-refractivity contribution in [1.82, 2.24) is 4.68 Å². The third kappa shape index (κ3) is 2.24. The molecule has 0 radical (unpaired) electrons. The number of nitrogens with zero attached hydrogens (tertiary/aromatic N) is 3. The van der Waals surface area contributed by atoms with Crippen LogP contribution >= 0.6 is 0 Å². The van der Waals surface area contributed by atoms with Crippen LogP contribution in [0.5, 0.6) is 5.75 Å². The summed E-state index contributed by atoms with van der Waals surface area (Å²) < 4.78 is 22.2. The van der Waals surface area contributed by atoms with Gasteiger partial charge in [0.1, 0.15) is 16.8 Å². The Morgan fingerprint density at radius 1 is 1.44 bits per heavy atom. The van der Waals surface area contributed by atoms with E-state index in [0.29, 0.717) is 36.0 Å². The second-order valence-electron chi connectivity index (χ2n) is 6.72. The Morgan fingerprint density at radius 3 is 2.84 bits per heavy atom. The zero-order chi connectivity index (χ0) is 17.9. The van der Waals surface area contributed by atoms with E-state index in [2.05, 4.69) is 6.92 Å². The van der Waals surface area contributed by atoms with Crippen LogP contribution in [0.25, 0.3) is 10.9 Å². The summed E-state index contributed by atoms with van der Waals surface area (Å²) in [5, 5.41) is 10.9. The van der Waals surface area contributed by atoms with E-state index in [1.165, 1.54) is 6.20 Å². The highest BCUT2D eigenvalue weighted by molar-refractivity contribution is 5.97. The zero-order valence-electron chi connectivity index (χ0n) is 14.0. The van der Waals surface area contributed by atoms with Gasteiger partial charge in [0.05, 0.1) is 5.39 Å². The van der Waals surface area contributed by atoms with Gasteiger partial charge in [0.2, 0.25) is 5.43 Å². The van der Waals surface area contributed by atoms with Crippen molar-refractivity contribution in [1.29, 1.82) is 0 Å².